The highest BCUT2D eigenvalue weighted by atomic mass is 16.3. The van der Waals surface area contributed by atoms with Crippen LogP contribution < -0.4 is 5.56 Å². The molecule has 2 heterocycles. The summed E-state index contributed by atoms with van der Waals surface area (Å²) in [6, 6.07) is 9.15. The maximum absolute atomic E-state index is 12.9. The highest BCUT2D eigenvalue weighted by molar-refractivity contribution is 5.94. The summed E-state index contributed by atoms with van der Waals surface area (Å²) in [5, 5.41) is 9.84. The van der Waals surface area contributed by atoms with Gasteiger partial charge in [0.25, 0.3) is 11.5 Å². The van der Waals surface area contributed by atoms with Gasteiger partial charge < -0.3 is 15.0 Å². The number of benzene rings is 1. The Morgan fingerprint density at radius 1 is 1.33 bits per heavy atom. The maximum Gasteiger partial charge on any atom is 0.253 e. The summed E-state index contributed by atoms with van der Waals surface area (Å²) in [6.07, 6.45) is 4.70. The van der Waals surface area contributed by atoms with Crippen LogP contribution in [0.25, 0.3) is 0 Å². The van der Waals surface area contributed by atoms with Gasteiger partial charge in [0.15, 0.2) is 0 Å². The molecule has 1 fully saturated rings. The number of aromatic amines is 1. The molecule has 1 aliphatic heterocycles. The number of nitrogens with zero attached hydrogens (tertiary/aromatic N) is 2. The number of nitrogens with one attached hydrogen (secondary N) is 1. The van der Waals surface area contributed by atoms with Crippen molar-refractivity contribution in [1.29, 1.82) is 0 Å². The van der Waals surface area contributed by atoms with Crippen LogP contribution in [0.4, 0.5) is 0 Å². The number of carbonyl (C=O) groups is 1. The number of amides is 1. The van der Waals surface area contributed by atoms with Gasteiger partial charge in [0.1, 0.15) is 0 Å². The molecule has 0 radical (unpaired) electrons. The first-order valence-corrected chi connectivity index (χ1v) is 9.47. The Morgan fingerprint density at radius 2 is 2.07 bits per heavy atom. The van der Waals surface area contributed by atoms with Crippen LogP contribution in [0, 0.1) is 0 Å². The highest BCUT2D eigenvalue weighted by Crippen LogP contribution is 2.26. The van der Waals surface area contributed by atoms with Gasteiger partial charge in [-0.3, -0.25) is 9.59 Å². The molecule has 0 aliphatic carbocycles. The largest absolute Gasteiger partial charge is 0.390 e. The molecule has 0 saturated carbocycles. The number of hydrogen-bond acceptors (Lipinski definition) is 4. The van der Waals surface area contributed by atoms with E-state index in [9.17, 15) is 14.7 Å². The SMILES string of the molecule is CC(C)(O)CCc1ccc(C(=O)N2CCC[C@H](c3cc(=O)[nH]cn3)C2)cc1. The second-order valence-electron chi connectivity index (χ2n) is 7.94. The van der Waals surface area contributed by atoms with E-state index < -0.39 is 5.60 Å². The molecule has 144 valence electrons. The van der Waals surface area contributed by atoms with Gasteiger partial charge in [-0.05, 0) is 57.2 Å². The molecule has 1 amide bonds. The standard InChI is InChI=1S/C21H27N3O3/c1-21(2,27)10-9-15-5-7-16(8-6-15)20(26)24-11-3-4-17(13-24)18-12-19(25)23-14-22-18/h5-8,12,14,17,27H,3-4,9-11,13H2,1-2H3,(H,22,23,25)/t17-/m0/s1. The minimum absolute atomic E-state index is 0.0126. The molecule has 2 aromatic rings. The van der Waals surface area contributed by atoms with E-state index in [-0.39, 0.29) is 17.4 Å². The quantitative estimate of drug-likeness (QED) is 0.848. The number of aryl methyl sites for hydroxylation is 1. The number of aliphatic hydroxyl groups is 1. The minimum Gasteiger partial charge on any atom is -0.390 e. The third kappa shape index (κ3) is 5.26. The predicted molar refractivity (Wildman–Crippen MR) is 104 cm³/mol. The van der Waals surface area contributed by atoms with Crippen LogP contribution in [0.1, 0.15) is 60.6 Å². The van der Waals surface area contributed by atoms with E-state index in [1.54, 1.807) is 13.8 Å². The Kier molecular flexibility index (Phi) is 5.75. The van der Waals surface area contributed by atoms with Gasteiger partial charge >= 0.3 is 0 Å². The Balaban J connectivity index is 1.65. The molecule has 6 nitrogen and oxygen atoms in total. The van der Waals surface area contributed by atoms with Crippen molar-refractivity contribution in [1.82, 2.24) is 14.9 Å². The average molecular weight is 369 g/mol. The lowest BCUT2D eigenvalue weighted by atomic mass is 9.94. The summed E-state index contributed by atoms with van der Waals surface area (Å²) < 4.78 is 0. The van der Waals surface area contributed by atoms with E-state index in [0.29, 0.717) is 18.5 Å². The van der Waals surface area contributed by atoms with Crippen molar-refractivity contribution in [3.63, 3.8) is 0 Å². The zero-order valence-corrected chi connectivity index (χ0v) is 15.9. The number of piperidine rings is 1. The first-order chi connectivity index (χ1) is 12.8. The molecule has 2 N–H and O–H groups in total. The van der Waals surface area contributed by atoms with Crippen molar-refractivity contribution in [3.8, 4) is 0 Å². The summed E-state index contributed by atoms with van der Waals surface area (Å²) in [5.74, 6) is 0.106. The molecular formula is C21H27N3O3. The van der Waals surface area contributed by atoms with Crippen LogP contribution in [-0.4, -0.2) is 44.6 Å². The summed E-state index contributed by atoms with van der Waals surface area (Å²) in [5.41, 5.74) is 1.67. The molecule has 0 unspecified atom stereocenters. The van der Waals surface area contributed by atoms with Crippen LogP contribution in [0.2, 0.25) is 0 Å². The van der Waals surface area contributed by atoms with Gasteiger partial charge in [0, 0.05) is 30.6 Å². The van der Waals surface area contributed by atoms with Crippen LogP contribution in [0.5, 0.6) is 0 Å². The molecule has 1 aromatic carbocycles. The molecule has 0 spiro atoms. The van der Waals surface area contributed by atoms with E-state index in [4.69, 9.17) is 0 Å². The Labute approximate surface area is 159 Å². The van der Waals surface area contributed by atoms with Gasteiger partial charge in [-0.15, -0.1) is 0 Å². The van der Waals surface area contributed by atoms with Gasteiger partial charge in [0.2, 0.25) is 0 Å². The third-order valence-corrected chi connectivity index (χ3v) is 5.05. The molecule has 6 heteroatoms. The molecule has 27 heavy (non-hydrogen) atoms. The first-order valence-electron chi connectivity index (χ1n) is 9.47. The normalized spacial score (nSPS) is 17.7. The summed E-state index contributed by atoms with van der Waals surface area (Å²) in [4.78, 5) is 33.0. The zero-order chi connectivity index (χ0) is 19.4. The third-order valence-electron chi connectivity index (χ3n) is 5.05. The van der Waals surface area contributed by atoms with Crippen molar-refractivity contribution in [3.05, 3.63) is 63.8 Å². The van der Waals surface area contributed by atoms with Gasteiger partial charge in [-0.1, -0.05) is 12.1 Å². The molecular weight excluding hydrogens is 342 g/mol. The summed E-state index contributed by atoms with van der Waals surface area (Å²) >= 11 is 0. The van der Waals surface area contributed by atoms with Gasteiger partial charge in [-0.25, -0.2) is 4.98 Å². The zero-order valence-electron chi connectivity index (χ0n) is 15.9. The van der Waals surface area contributed by atoms with Crippen molar-refractivity contribution < 1.29 is 9.90 Å². The highest BCUT2D eigenvalue weighted by Gasteiger charge is 2.26. The van der Waals surface area contributed by atoms with Crippen LogP contribution in [0.3, 0.4) is 0 Å². The number of aromatic nitrogens is 2. The topological polar surface area (TPSA) is 86.3 Å². The van der Waals surface area contributed by atoms with Crippen molar-refractivity contribution >= 4 is 5.91 Å². The fraction of sp³-hybridized carbons (Fsp3) is 0.476. The smallest absolute Gasteiger partial charge is 0.253 e. The molecule has 1 atom stereocenters. The molecule has 1 aromatic heterocycles. The van der Waals surface area contributed by atoms with Gasteiger partial charge in [-0.2, -0.15) is 0 Å². The number of hydrogen-bond donors (Lipinski definition) is 2. The lowest BCUT2D eigenvalue weighted by Gasteiger charge is -2.32. The molecule has 1 aliphatic rings. The number of H-pyrrole nitrogens is 1. The van der Waals surface area contributed by atoms with E-state index in [0.717, 1.165) is 37.1 Å². The summed E-state index contributed by atoms with van der Waals surface area (Å²) in [6.45, 7) is 4.90. The van der Waals surface area contributed by atoms with E-state index in [1.165, 1.54) is 12.4 Å². The number of carbonyl (C=O) groups excluding carboxylic acids is 1. The van der Waals surface area contributed by atoms with E-state index >= 15 is 0 Å². The molecule has 0 bridgehead atoms. The van der Waals surface area contributed by atoms with E-state index in [1.807, 2.05) is 29.2 Å². The van der Waals surface area contributed by atoms with Crippen molar-refractivity contribution in [2.75, 3.05) is 13.1 Å². The first kappa shape index (κ1) is 19.3. The van der Waals surface area contributed by atoms with Gasteiger partial charge in [0.05, 0.1) is 17.6 Å². The Morgan fingerprint density at radius 3 is 2.74 bits per heavy atom. The average Bonchev–Trinajstić information content (AvgIpc) is 2.66. The van der Waals surface area contributed by atoms with Crippen molar-refractivity contribution in [2.24, 2.45) is 0 Å². The van der Waals surface area contributed by atoms with Crippen LogP contribution in [0.15, 0.2) is 41.5 Å². The minimum atomic E-state index is -0.690. The fourth-order valence-corrected chi connectivity index (χ4v) is 3.46. The number of likely N-dealkylation sites (tertiary alicyclic amines) is 1. The molecule has 3 rings (SSSR count). The Bertz CT molecular complexity index is 837. The fourth-order valence-electron chi connectivity index (χ4n) is 3.46. The Hall–Kier alpha value is -2.47. The second-order valence-corrected chi connectivity index (χ2v) is 7.94. The second kappa shape index (κ2) is 8.05. The van der Waals surface area contributed by atoms with Crippen LogP contribution >= 0.6 is 0 Å². The monoisotopic (exact) mass is 369 g/mol. The maximum atomic E-state index is 12.9. The predicted octanol–water partition coefficient (Wildman–Crippen LogP) is 2.49. The molecule has 1 saturated heterocycles. The summed E-state index contributed by atoms with van der Waals surface area (Å²) in [7, 11) is 0. The van der Waals surface area contributed by atoms with E-state index in [2.05, 4.69) is 9.97 Å². The lowest BCUT2D eigenvalue weighted by molar-refractivity contribution is 0.0699. The van der Waals surface area contributed by atoms with Crippen LogP contribution in [-0.2, 0) is 6.42 Å². The lowest BCUT2D eigenvalue weighted by Crippen LogP contribution is -2.39. The van der Waals surface area contributed by atoms with Crippen molar-refractivity contribution in [2.45, 2.75) is 51.0 Å². The number of rotatable bonds is 5.